The standard InChI is InChI=1S/C15H14O4S/c16-20(17,18)10-19-9-15-13-7-3-1-5-11(13)12-6-2-4-8-14(12)15/h1-8,15H,9-10H2,(H,16,17,18). The van der Waals surface area contributed by atoms with E-state index in [9.17, 15) is 8.42 Å². The third-order valence-corrected chi connectivity index (χ3v) is 3.94. The molecule has 20 heavy (non-hydrogen) atoms. The molecule has 0 spiro atoms. The fourth-order valence-electron chi connectivity index (χ4n) is 2.71. The van der Waals surface area contributed by atoms with Crippen molar-refractivity contribution in [2.75, 3.05) is 12.5 Å². The molecular formula is C15H14O4S. The van der Waals surface area contributed by atoms with Crippen LogP contribution < -0.4 is 0 Å². The highest BCUT2D eigenvalue weighted by Gasteiger charge is 2.28. The molecule has 0 bridgehead atoms. The van der Waals surface area contributed by atoms with Crippen molar-refractivity contribution in [1.29, 1.82) is 0 Å². The van der Waals surface area contributed by atoms with Crippen molar-refractivity contribution in [3.63, 3.8) is 0 Å². The molecule has 2 aromatic carbocycles. The van der Waals surface area contributed by atoms with Gasteiger partial charge in [-0.1, -0.05) is 48.5 Å². The Morgan fingerprint density at radius 3 is 1.95 bits per heavy atom. The average Bonchev–Trinajstić information content (AvgIpc) is 2.73. The molecule has 0 saturated carbocycles. The number of hydrogen-bond donors (Lipinski definition) is 1. The van der Waals surface area contributed by atoms with Gasteiger partial charge >= 0.3 is 0 Å². The lowest BCUT2D eigenvalue weighted by atomic mass is 9.98. The van der Waals surface area contributed by atoms with Crippen LogP contribution in [0.5, 0.6) is 0 Å². The van der Waals surface area contributed by atoms with Gasteiger partial charge in [0.25, 0.3) is 10.1 Å². The molecule has 104 valence electrons. The normalized spacial score (nSPS) is 14.1. The monoisotopic (exact) mass is 290 g/mol. The molecule has 2 aromatic rings. The number of benzene rings is 2. The van der Waals surface area contributed by atoms with Gasteiger partial charge in [-0.3, -0.25) is 4.55 Å². The maximum absolute atomic E-state index is 10.7. The molecule has 3 rings (SSSR count). The molecule has 0 aliphatic heterocycles. The summed E-state index contributed by atoms with van der Waals surface area (Å²) in [6.07, 6.45) is 0. The molecule has 0 atom stereocenters. The second-order valence-electron chi connectivity index (χ2n) is 4.80. The van der Waals surface area contributed by atoms with E-state index in [2.05, 4.69) is 12.1 Å². The van der Waals surface area contributed by atoms with E-state index in [1.54, 1.807) is 0 Å². The Balaban J connectivity index is 1.91. The highest BCUT2D eigenvalue weighted by Crippen LogP contribution is 2.44. The molecule has 0 radical (unpaired) electrons. The molecule has 0 amide bonds. The van der Waals surface area contributed by atoms with Gasteiger partial charge in [0.05, 0.1) is 6.61 Å². The van der Waals surface area contributed by atoms with Crippen molar-refractivity contribution in [3.05, 3.63) is 59.7 Å². The summed E-state index contributed by atoms with van der Waals surface area (Å²) in [5.74, 6) is -0.669. The molecule has 0 aromatic heterocycles. The van der Waals surface area contributed by atoms with Crippen LogP contribution in [0.3, 0.4) is 0 Å². The Bertz CT molecular complexity index is 692. The van der Waals surface area contributed by atoms with Crippen LogP contribution in [0, 0.1) is 0 Å². The molecule has 1 aliphatic rings. The topological polar surface area (TPSA) is 63.6 Å². The first-order chi connectivity index (χ1) is 9.56. The minimum absolute atomic E-state index is 0.00384. The van der Waals surface area contributed by atoms with E-state index >= 15 is 0 Å². The lowest BCUT2D eigenvalue weighted by Crippen LogP contribution is -2.13. The van der Waals surface area contributed by atoms with Gasteiger partial charge in [0.2, 0.25) is 0 Å². The molecule has 4 nitrogen and oxygen atoms in total. The van der Waals surface area contributed by atoms with E-state index in [-0.39, 0.29) is 12.5 Å². The lowest BCUT2D eigenvalue weighted by Gasteiger charge is -2.13. The summed E-state index contributed by atoms with van der Waals surface area (Å²) in [4.78, 5) is 0. The molecule has 0 saturated heterocycles. The fraction of sp³-hybridized carbons (Fsp3) is 0.200. The molecule has 0 unspecified atom stereocenters. The smallest absolute Gasteiger partial charge is 0.289 e. The molecule has 5 heteroatoms. The van der Waals surface area contributed by atoms with E-state index in [0.29, 0.717) is 0 Å². The summed E-state index contributed by atoms with van der Waals surface area (Å²) >= 11 is 0. The summed E-state index contributed by atoms with van der Waals surface area (Å²) < 4.78 is 35.3. The second kappa shape index (κ2) is 5.01. The third-order valence-electron chi connectivity index (χ3n) is 3.48. The van der Waals surface area contributed by atoms with Gasteiger partial charge in [-0.05, 0) is 22.3 Å². The van der Waals surface area contributed by atoms with Crippen molar-refractivity contribution < 1.29 is 17.7 Å². The largest absolute Gasteiger partial charge is 0.362 e. The number of fused-ring (bicyclic) bond motifs is 3. The molecule has 0 fully saturated rings. The van der Waals surface area contributed by atoms with E-state index < -0.39 is 16.1 Å². The van der Waals surface area contributed by atoms with Gasteiger partial charge in [-0.15, -0.1) is 0 Å². The van der Waals surface area contributed by atoms with Crippen molar-refractivity contribution >= 4 is 10.1 Å². The van der Waals surface area contributed by atoms with Gasteiger partial charge in [0, 0.05) is 5.92 Å². The summed E-state index contributed by atoms with van der Waals surface area (Å²) in [5, 5.41) is 0. The second-order valence-corrected chi connectivity index (χ2v) is 6.20. The minimum atomic E-state index is -4.09. The van der Waals surface area contributed by atoms with Gasteiger partial charge in [-0.25, -0.2) is 0 Å². The van der Waals surface area contributed by atoms with Crippen LogP contribution in [0.2, 0.25) is 0 Å². The highest BCUT2D eigenvalue weighted by atomic mass is 32.2. The molecular weight excluding hydrogens is 276 g/mol. The Kier molecular flexibility index (Phi) is 3.33. The lowest BCUT2D eigenvalue weighted by molar-refractivity contribution is 0.163. The quantitative estimate of drug-likeness (QED) is 0.879. The summed E-state index contributed by atoms with van der Waals surface area (Å²) in [7, 11) is -4.09. The highest BCUT2D eigenvalue weighted by molar-refractivity contribution is 7.85. The van der Waals surface area contributed by atoms with E-state index in [0.717, 1.165) is 22.3 Å². The first-order valence-corrected chi connectivity index (χ1v) is 7.88. The zero-order valence-electron chi connectivity index (χ0n) is 10.7. The predicted molar refractivity (Wildman–Crippen MR) is 76.1 cm³/mol. The zero-order chi connectivity index (χ0) is 14.2. The average molecular weight is 290 g/mol. The Morgan fingerprint density at radius 2 is 1.45 bits per heavy atom. The predicted octanol–water partition coefficient (Wildman–Crippen LogP) is 2.66. The van der Waals surface area contributed by atoms with Crippen LogP contribution in [0.25, 0.3) is 11.1 Å². The first-order valence-electron chi connectivity index (χ1n) is 6.27. The van der Waals surface area contributed by atoms with Crippen molar-refractivity contribution in [3.8, 4) is 11.1 Å². The Labute approximate surface area is 117 Å². The number of hydrogen-bond acceptors (Lipinski definition) is 3. The van der Waals surface area contributed by atoms with Gasteiger partial charge in [-0.2, -0.15) is 8.42 Å². The van der Waals surface area contributed by atoms with E-state index in [1.807, 2.05) is 36.4 Å². The summed E-state index contributed by atoms with van der Waals surface area (Å²) in [6, 6.07) is 16.0. The number of ether oxygens (including phenoxy) is 1. The zero-order valence-corrected chi connectivity index (χ0v) is 11.5. The van der Waals surface area contributed by atoms with E-state index in [4.69, 9.17) is 9.29 Å². The first kappa shape index (κ1) is 13.3. The number of rotatable bonds is 4. The SMILES string of the molecule is O=S(=O)(O)COCC1c2ccccc2-c2ccccc21. The van der Waals surface area contributed by atoms with Crippen LogP contribution in [-0.4, -0.2) is 25.5 Å². The maximum atomic E-state index is 10.7. The van der Waals surface area contributed by atoms with Crippen LogP contribution in [0.4, 0.5) is 0 Å². The van der Waals surface area contributed by atoms with E-state index in [1.165, 1.54) is 0 Å². The van der Waals surface area contributed by atoms with Crippen molar-refractivity contribution in [2.24, 2.45) is 0 Å². The third kappa shape index (κ3) is 2.47. The van der Waals surface area contributed by atoms with Gasteiger partial charge in [0.15, 0.2) is 5.94 Å². The van der Waals surface area contributed by atoms with Gasteiger partial charge < -0.3 is 4.74 Å². The van der Waals surface area contributed by atoms with Crippen molar-refractivity contribution in [2.45, 2.75) is 5.92 Å². The Hall–Kier alpha value is -1.69. The van der Waals surface area contributed by atoms with Crippen LogP contribution in [0.1, 0.15) is 17.0 Å². The molecule has 0 heterocycles. The summed E-state index contributed by atoms with van der Waals surface area (Å²) in [5.41, 5.74) is 4.57. The summed E-state index contributed by atoms with van der Waals surface area (Å²) in [6.45, 7) is 0.230. The maximum Gasteiger partial charge on any atom is 0.289 e. The van der Waals surface area contributed by atoms with Crippen LogP contribution in [-0.2, 0) is 14.9 Å². The fourth-order valence-corrected chi connectivity index (χ4v) is 3.02. The van der Waals surface area contributed by atoms with Crippen LogP contribution in [0.15, 0.2) is 48.5 Å². The molecule has 1 N–H and O–H groups in total. The van der Waals surface area contributed by atoms with Gasteiger partial charge in [0.1, 0.15) is 0 Å². The Morgan fingerprint density at radius 1 is 0.950 bits per heavy atom. The minimum Gasteiger partial charge on any atom is -0.362 e. The van der Waals surface area contributed by atoms with Crippen LogP contribution >= 0.6 is 0 Å². The molecule has 1 aliphatic carbocycles. The van der Waals surface area contributed by atoms with Crippen molar-refractivity contribution in [1.82, 2.24) is 0 Å².